The van der Waals surface area contributed by atoms with Gasteiger partial charge in [0, 0.05) is 6.42 Å². The van der Waals surface area contributed by atoms with Gasteiger partial charge in [-0.2, -0.15) is 0 Å². The average Bonchev–Trinajstić information content (AvgIpc) is 2.58. The van der Waals surface area contributed by atoms with Crippen LogP contribution in [0.5, 0.6) is 0 Å². The van der Waals surface area contributed by atoms with Gasteiger partial charge in [-0.3, -0.25) is 4.79 Å². The standard InChI is InChI=1S/C18H34O6/c1-2-3-4-5-6-7-8-9-10-11-16(21)24-18-15(12-19)23-13-14(20)17(18)22/h14-15,17-20,22H,2-13H2,1H3/t14-,15-,17-,18-/m1/s1. The van der Waals surface area contributed by atoms with Gasteiger partial charge in [-0.1, -0.05) is 58.3 Å². The predicted octanol–water partition coefficient (Wildman–Crippen LogP) is 1.93. The molecule has 0 aromatic heterocycles. The van der Waals surface area contributed by atoms with Gasteiger partial charge in [0.1, 0.15) is 18.3 Å². The summed E-state index contributed by atoms with van der Waals surface area (Å²) in [4.78, 5) is 11.9. The average molecular weight is 346 g/mol. The van der Waals surface area contributed by atoms with Crippen molar-refractivity contribution >= 4 is 5.97 Å². The summed E-state index contributed by atoms with van der Waals surface area (Å²) in [5.41, 5.74) is 0. The van der Waals surface area contributed by atoms with Crippen molar-refractivity contribution in [1.29, 1.82) is 0 Å². The molecule has 0 bridgehead atoms. The Bertz CT molecular complexity index is 333. The first-order chi connectivity index (χ1) is 11.6. The van der Waals surface area contributed by atoms with Crippen LogP contribution in [-0.4, -0.2) is 58.9 Å². The molecule has 0 spiro atoms. The first kappa shape index (κ1) is 21.4. The molecule has 1 rings (SSSR count). The normalized spacial score (nSPS) is 27.2. The molecule has 1 aliphatic rings. The molecule has 1 saturated heterocycles. The summed E-state index contributed by atoms with van der Waals surface area (Å²) >= 11 is 0. The second kappa shape index (κ2) is 12.6. The molecule has 24 heavy (non-hydrogen) atoms. The van der Waals surface area contributed by atoms with Crippen LogP contribution in [0.4, 0.5) is 0 Å². The Hall–Kier alpha value is -0.690. The Morgan fingerprint density at radius 1 is 1.04 bits per heavy atom. The molecule has 0 amide bonds. The third-order valence-corrected chi connectivity index (χ3v) is 4.51. The van der Waals surface area contributed by atoms with Gasteiger partial charge in [-0.05, 0) is 6.42 Å². The largest absolute Gasteiger partial charge is 0.457 e. The fourth-order valence-electron chi connectivity index (χ4n) is 2.95. The second-order valence-electron chi connectivity index (χ2n) is 6.65. The molecule has 1 heterocycles. The highest BCUT2D eigenvalue weighted by Crippen LogP contribution is 2.20. The van der Waals surface area contributed by atoms with Crippen molar-refractivity contribution in [2.75, 3.05) is 13.2 Å². The molecular weight excluding hydrogens is 312 g/mol. The number of unbranched alkanes of at least 4 members (excludes halogenated alkanes) is 8. The van der Waals surface area contributed by atoms with Crippen LogP contribution in [-0.2, 0) is 14.3 Å². The molecule has 142 valence electrons. The van der Waals surface area contributed by atoms with E-state index in [2.05, 4.69) is 6.92 Å². The molecular formula is C18H34O6. The number of carbonyl (C=O) groups is 1. The zero-order valence-electron chi connectivity index (χ0n) is 14.9. The predicted molar refractivity (Wildman–Crippen MR) is 90.6 cm³/mol. The van der Waals surface area contributed by atoms with E-state index < -0.39 is 30.4 Å². The highest BCUT2D eigenvalue weighted by Gasteiger charge is 2.41. The van der Waals surface area contributed by atoms with Crippen molar-refractivity contribution in [2.24, 2.45) is 0 Å². The number of esters is 1. The van der Waals surface area contributed by atoms with Crippen LogP contribution in [0.1, 0.15) is 71.1 Å². The third-order valence-electron chi connectivity index (χ3n) is 4.51. The number of hydrogen-bond donors (Lipinski definition) is 3. The van der Waals surface area contributed by atoms with E-state index >= 15 is 0 Å². The summed E-state index contributed by atoms with van der Waals surface area (Å²) in [5, 5.41) is 28.7. The molecule has 1 aliphatic heterocycles. The fraction of sp³-hybridized carbons (Fsp3) is 0.944. The Labute approximate surface area is 145 Å². The molecule has 4 atom stereocenters. The summed E-state index contributed by atoms with van der Waals surface area (Å²) in [5.74, 6) is -0.418. The number of hydrogen-bond acceptors (Lipinski definition) is 6. The van der Waals surface area contributed by atoms with Gasteiger partial charge in [0.2, 0.25) is 0 Å². The lowest BCUT2D eigenvalue weighted by Crippen LogP contribution is -2.55. The topological polar surface area (TPSA) is 96.2 Å². The molecule has 0 unspecified atom stereocenters. The van der Waals surface area contributed by atoms with Gasteiger partial charge in [0.05, 0.1) is 13.2 Å². The van der Waals surface area contributed by atoms with Crippen molar-refractivity contribution in [2.45, 2.75) is 95.5 Å². The maximum atomic E-state index is 11.9. The molecule has 3 N–H and O–H groups in total. The van der Waals surface area contributed by atoms with Crippen LogP contribution in [0, 0.1) is 0 Å². The lowest BCUT2D eigenvalue weighted by molar-refractivity contribution is -0.213. The molecule has 1 fully saturated rings. The van der Waals surface area contributed by atoms with Crippen molar-refractivity contribution < 1.29 is 29.6 Å². The van der Waals surface area contributed by atoms with Crippen molar-refractivity contribution in [3.05, 3.63) is 0 Å². The number of ether oxygens (including phenoxy) is 2. The summed E-state index contributed by atoms with van der Waals surface area (Å²) in [6, 6.07) is 0. The zero-order valence-corrected chi connectivity index (χ0v) is 14.9. The maximum absolute atomic E-state index is 11.9. The number of aliphatic hydroxyl groups excluding tert-OH is 3. The Balaban J connectivity index is 2.12. The van der Waals surface area contributed by atoms with Gasteiger partial charge in [0.25, 0.3) is 0 Å². The van der Waals surface area contributed by atoms with Crippen molar-refractivity contribution in [3.8, 4) is 0 Å². The smallest absolute Gasteiger partial charge is 0.306 e. The summed E-state index contributed by atoms with van der Waals surface area (Å²) in [6.07, 6.45) is 6.67. The quantitative estimate of drug-likeness (QED) is 0.369. The van der Waals surface area contributed by atoms with E-state index in [4.69, 9.17) is 9.47 Å². The Kier molecular flexibility index (Phi) is 11.2. The van der Waals surface area contributed by atoms with Crippen LogP contribution in [0.3, 0.4) is 0 Å². The van der Waals surface area contributed by atoms with Crippen LogP contribution in [0.25, 0.3) is 0 Å². The minimum Gasteiger partial charge on any atom is -0.457 e. The van der Waals surface area contributed by atoms with E-state index in [1.165, 1.54) is 38.5 Å². The maximum Gasteiger partial charge on any atom is 0.306 e. The van der Waals surface area contributed by atoms with Crippen LogP contribution in [0.15, 0.2) is 0 Å². The van der Waals surface area contributed by atoms with E-state index in [1.807, 2.05) is 0 Å². The molecule has 0 saturated carbocycles. The number of rotatable bonds is 12. The van der Waals surface area contributed by atoms with Crippen molar-refractivity contribution in [1.82, 2.24) is 0 Å². The third kappa shape index (κ3) is 7.92. The second-order valence-corrected chi connectivity index (χ2v) is 6.65. The van der Waals surface area contributed by atoms with E-state index in [0.717, 1.165) is 19.3 Å². The first-order valence-corrected chi connectivity index (χ1v) is 9.38. The summed E-state index contributed by atoms with van der Waals surface area (Å²) in [6.45, 7) is 1.78. The highest BCUT2D eigenvalue weighted by molar-refractivity contribution is 5.69. The molecule has 0 aromatic carbocycles. The molecule has 6 nitrogen and oxygen atoms in total. The van der Waals surface area contributed by atoms with E-state index in [9.17, 15) is 20.1 Å². The van der Waals surface area contributed by atoms with E-state index in [-0.39, 0.29) is 19.6 Å². The molecule has 0 aromatic rings. The highest BCUT2D eigenvalue weighted by atomic mass is 16.6. The molecule has 6 heteroatoms. The Morgan fingerprint density at radius 3 is 2.21 bits per heavy atom. The van der Waals surface area contributed by atoms with E-state index in [0.29, 0.717) is 0 Å². The molecule has 0 aliphatic carbocycles. The zero-order chi connectivity index (χ0) is 17.8. The Morgan fingerprint density at radius 2 is 1.62 bits per heavy atom. The SMILES string of the molecule is CCCCCCCCCCCC(=O)O[C@H]1[C@H](O)[C@H](O)CO[C@@H]1CO. The first-order valence-electron chi connectivity index (χ1n) is 9.38. The fourth-order valence-corrected chi connectivity index (χ4v) is 2.95. The van der Waals surface area contributed by atoms with Crippen LogP contribution in [0.2, 0.25) is 0 Å². The minimum absolute atomic E-state index is 0.0707. The van der Waals surface area contributed by atoms with Gasteiger partial charge in [-0.25, -0.2) is 0 Å². The van der Waals surface area contributed by atoms with Gasteiger partial charge in [0.15, 0.2) is 6.10 Å². The van der Waals surface area contributed by atoms with Crippen LogP contribution >= 0.6 is 0 Å². The van der Waals surface area contributed by atoms with E-state index in [1.54, 1.807) is 0 Å². The van der Waals surface area contributed by atoms with Crippen LogP contribution < -0.4 is 0 Å². The van der Waals surface area contributed by atoms with Crippen molar-refractivity contribution in [3.63, 3.8) is 0 Å². The number of carbonyl (C=O) groups excluding carboxylic acids is 1. The van der Waals surface area contributed by atoms with Gasteiger partial charge >= 0.3 is 5.97 Å². The lowest BCUT2D eigenvalue weighted by Gasteiger charge is -2.36. The monoisotopic (exact) mass is 346 g/mol. The van der Waals surface area contributed by atoms with Gasteiger partial charge in [-0.15, -0.1) is 0 Å². The van der Waals surface area contributed by atoms with Gasteiger partial charge < -0.3 is 24.8 Å². The molecule has 0 radical (unpaired) electrons. The summed E-state index contributed by atoms with van der Waals surface area (Å²) < 4.78 is 10.4. The number of aliphatic hydroxyl groups is 3. The summed E-state index contributed by atoms with van der Waals surface area (Å²) in [7, 11) is 0. The minimum atomic E-state index is -1.22. The lowest BCUT2D eigenvalue weighted by atomic mass is 10.0.